The van der Waals surface area contributed by atoms with Crippen molar-refractivity contribution in [2.45, 2.75) is 71.8 Å². The summed E-state index contributed by atoms with van der Waals surface area (Å²) in [7, 11) is 0. The molecule has 0 aromatic heterocycles. The van der Waals surface area contributed by atoms with Gasteiger partial charge in [0.1, 0.15) is 0 Å². The molecule has 3 fully saturated rings. The molecule has 0 bridgehead atoms. The highest BCUT2D eigenvalue weighted by atomic mass is 16.3. The van der Waals surface area contributed by atoms with E-state index >= 15 is 0 Å². The molecule has 104 valence electrons. The predicted octanol–water partition coefficient (Wildman–Crippen LogP) is 4.25. The smallest absolute Gasteiger partial charge is 0.0543 e. The molecular formula is C17H30O. The van der Waals surface area contributed by atoms with Crippen LogP contribution in [-0.4, -0.2) is 11.2 Å². The molecule has 18 heavy (non-hydrogen) atoms. The fourth-order valence-corrected chi connectivity index (χ4v) is 5.72. The first kappa shape index (κ1) is 13.0. The van der Waals surface area contributed by atoms with E-state index in [0.717, 1.165) is 42.4 Å². The van der Waals surface area contributed by atoms with Crippen molar-refractivity contribution < 1.29 is 5.11 Å². The molecule has 0 heterocycles. The van der Waals surface area contributed by atoms with Gasteiger partial charge >= 0.3 is 0 Å². The van der Waals surface area contributed by atoms with Gasteiger partial charge in [-0.15, -0.1) is 0 Å². The predicted molar refractivity (Wildman–Crippen MR) is 75.2 cm³/mol. The van der Waals surface area contributed by atoms with Gasteiger partial charge in [0.05, 0.1) is 6.10 Å². The lowest BCUT2D eigenvalue weighted by Crippen LogP contribution is -2.51. The van der Waals surface area contributed by atoms with Crippen molar-refractivity contribution in [1.82, 2.24) is 0 Å². The van der Waals surface area contributed by atoms with Crippen LogP contribution in [0, 0.1) is 35.0 Å². The Morgan fingerprint density at radius 1 is 1.00 bits per heavy atom. The molecular weight excluding hydrogens is 220 g/mol. The number of aliphatic hydroxyl groups is 1. The van der Waals surface area contributed by atoms with E-state index in [0.29, 0.717) is 5.41 Å². The van der Waals surface area contributed by atoms with Crippen molar-refractivity contribution >= 4 is 0 Å². The number of rotatable bonds is 0. The molecule has 3 aliphatic rings. The Bertz CT molecular complexity index is 313. The summed E-state index contributed by atoms with van der Waals surface area (Å²) in [6, 6.07) is 0. The Morgan fingerprint density at radius 2 is 1.78 bits per heavy atom. The van der Waals surface area contributed by atoms with Crippen molar-refractivity contribution in [3.8, 4) is 0 Å². The second-order valence-electron chi connectivity index (χ2n) is 7.89. The SMILES string of the molecule is CC1CCC2C(CCC3C[C@@H](O)CC[C@@]32C)C1C. The van der Waals surface area contributed by atoms with Gasteiger partial charge in [0, 0.05) is 0 Å². The molecule has 1 N–H and O–H groups in total. The average molecular weight is 250 g/mol. The average Bonchev–Trinajstić information content (AvgIpc) is 2.34. The minimum Gasteiger partial charge on any atom is -0.393 e. The van der Waals surface area contributed by atoms with Crippen LogP contribution in [0.2, 0.25) is 0 Å². The molecule has 0 spiro atoms. The maximum atomic E-state index is 9.95. The van der Waals surface area contributed by atoms with E-state index in [9.17, 15) is 5.11 Å². The van der Waals surface area contributed by atoms with Crippen LogP contribution in [0.1, 0.15) is 65.7 Å². The first-order valence-electron chi connectivity index (χ1n) is 8.20. The summed E-state index contributed by atoms with van der Waals surface area (Å²) in [5.41, 5.74) is 0.552. The second-order valence-corrected chi connectivity index (χ2v) is 7.89. The molecule has 3 aliphatic carbocycles. The first-order valence-corrected chi connectivity index (χ1v) is 8.20. The molecule has 1 nitrogen and oxygen atoms in total. The van der Waals surface area contributed by atoms with E-state index in [4.69, 9.17) is 0 Å². The van der Waals surface area contributed by atoms with Gasteiger partial charge < -0.3 is 5.11 Å². The molecule has 0 aromatic rings. The molecule has 0 amide bonds. The lowest BCUT2D eigenvalue weighted by Gasteiger charge is -2.58. The van der Waals surface area contributed by atoms with Crippen molar-refractivity contribution in [2.75, 3.05) is 0 Å². The van der Waals surface area contributed by atoms with Crippen LogP contribution in [0.15, 0.2) is 0 Å². The van der Waals surface area contributed by atoms with Crippen LogP contribution < -0.4 is 0 Å². The molecule has 7 atom stereocenters. The van der Waals surface area contributed by atoms with E-state index in [1.54, 1.807) is 0 Å². The maximum Gasteiger partial charge on any atom is 0.0543 e. The highest BCUT2D eigenvalue weighted by Gasteiger charge is 2.52. The van der Waals surface area contributed by atoms with Crippen LogP contribution in [-0.2, 0) is 0 Å². The maximum absolute atomic E-state index is 9.95. The van der Waals surface area contributed by atoms with Gasteiger partial charge in [-0.25, -0.2) is 0 Å². The standard InChI is InChI=1S/C17H30O/c1-11-4-7-16-15(12(11)2)6-5-13-10-14(18)8-9-17(13,16)3/h11-16,18H,4-10H2,1-3H3/t11?,12?,13?,14-,15?,16?,17-/m0/s1. The number of aliphatic hydroxyl groups excluding tert-OH is 1. The number of hydrogen-bond donors (Lipinski definition) is 1. The van der Waals surface area contributed by atoms with E-state index in [1.807, 2.05) is 0 Å². The molecule has 3 rings (SSSR count). The van der Waals surface area contributed by atoms with Gasteiger partial charge in [-0.1, -0.05) is 27.2 Å². The van der Waals surface area contributed by atoms with Gasteiger partial charge in [-0.3, -0.25) is 0 Å². The van der Waals surface area contributed by atoms with Gasteiger partial charge in [-0.05, 0) is 73.5 Å². The van der Waals surface area contributed by atoms with Crippen LogP contribution in [0.4, 0.5) is 0 Å². The minimum absolute atomic E-state index is 0.000405. The third kappa shape index (κ3) is 1.85. The van der Waals surface area contributed by atoms with E-state index in [2.05, 4.69) is 20.8 Å². The van der Waals surface area contributed by atoms with Gasteiger partial charge in [0.15, 0.2) is 0 Å². The monoisotopic (exact) mass is 250 g/mol. The molecule has 0 radical (unpaired) electrons. The Kier molecular flexibility index (Phi) is 3.25. The lowest BCUT2D eigenvalue weighted by atomic mass is 9.47. The van der Waals surface area contributed by atoms with E-state index < -0.39 is 0 Å². The summed E-state index contributed by atoms with van der Waals surface area (Å²) in [4.78, 5) is 0. The Morgan fingerprint density at radius 3 is 2.56 bits per heavy atom. The fraction of sp³-hybridized carbons (Fsp3) is 1.00. The molecule has 1 heteroatoms. The van der Waals surface area contributed by atoms with Gasteiger partial charge in [-0.2, -0.15) is 0 Å². The third-order valence-corrected chi connectivity index (χ3v) is 7.22. The van der Waals surface area contributed by atoms with Crippen LogP contribution in [0.3, 0.4) is 0 Å². The van der Waals surface area contributed by atoms with E-state index in [1.165, 1.54) is 32.1 Å². The first-order chi connectivity index (χ1) is 8.52. The third-order valence-electron chi connectivity index (χ3n) is 7.22. The van der Waals surface area contributed by atoms with Crippen molar-refractivity contribution in [3.63, 3.8) is 0 Å². The molecule has 0 aliphatic heterocycles. The zero-order valence-corrected chi connectivity index (χ0v) is 12.4. The largest absolute Gasteiger partial charge is 0.393 e. The second kappa shape index (κ2) is 4.51. The summed E-state index contributed by atoms with van der Waals surface area (Å²) >= 11 is 0. The molecule has 5 unspecified atom stereocenters. The zero-order chi connectivity index (χ0) is 12.9. The summed E-state index contributed by atoms with van der Waals surface area (Å²) < 4.78 is 0. The quantitative estimate of drug-likeness (QED) is 0.681. The zero-order valence-electron chi connectivity index (χ0n) is 12.4. The normalized spacial score (nSPS) is 56.7. The highest BCUT2D eigenvalue weighted by Crippen LogP contribution is 2.60. The van der Waals surface area contributed by atoms with Gasteiger partial charge in [0.25, 0.3) is 0 Å². The summed E-state index contributed by atoms with van der Waals surface area (Å²) in [5.74, 6) is 4.59. The summed E-state index contributed by atoms with van der Waals surface area (Å²) in [6.45, 7) is 7.52. The van der Waals surface area contributed by atoms with Crippen LogP contribution >= 0.6 is 0 Å². The van der Waals surface area contributed by atoms with Crippen molar-refractivity contribution in [1.29, 1.82) is 0 Å². The van der Waals surface area contributed by atoms with Crippen LogP contribution in [0.5, 0.6) is 0 Å². The van der Waals surface area contributed by atoms with Gasteiger partial charge in [0.2, 0.25) is 0 Å². The fourth-order valence-electron chi connectivity index (χ4n) is 5.72. The Hall–Kier alpha value is -0.0400. The minimum atomic E-state index is -0.000405. The Balaban J connectivity index is 1.84. The number of hydrogen-bond acceptors (Lipinski definition) is 1. The number of fused-ring (bicyclic) bond motifs is 3. The molecule has 3 saturated carbocycles. The van der Waals surface area contributed by atoms with Crippen molar-refractivity contribution in [3.05, 3.63) is 0 Å². The Labute approximate surface area is 112 Å². The topological polar surface area (TPSA) is 20.2 Å². The summed E-state index contributed by atoms with van der Waals surface area (Å²) in [6.07, 6.45) is 9.13. The summed E-state index contributed by atoms with van der Waals surface area (Å²) in [5, 5.41) is 9.95. The van der Waals surface area contributed by atoms with Crippen LogP contribution in [0.25, 0.3) is 0 Å². The van der Waals surface area contributed by atoms with Crippen molar-refractivity contribution in [2.24, 2.45) is 35.0 Å². The molecule has 0 aromatic carbocycles. The highest BCUT2D eigenvalue weighted by molar-refractivity contribution is 5.02. The van der Waals surface area contributed by atoms with E-state index in [-0.39, 0.29) is 6.10 Å². The molecule has 0 saturated heterocycles. The lowest BCUT2D eigenvalue weighted by molar-refractivity contribution is -0.105.